The van der Waals surface area contributed by atoms with Gasteiger partial charge in [0.25, 0.3) is 0 Å². The largest absolute Gasteiger partial charge is 0.134 e. The van der Waals surface area contributed by atoms with Gasteiger partial charge in [0.05, 0.1) is 9.40 Å². The van der Waals surface area contributed by atoms with E-state index in [1.165, 1.54) is 40.3 Å². The molecule has 0 spiro atoms. The van der Waals surface area contributed by atoms with Crippen LogP contribution in [-0.4, -0.2) is 7.85 Å². The van der Waals surface area contributed by atoms with Crippen molar-refractivity contribution in [3.05, 3.63) is 53.0 Å². The summed E-state index contributed by atoms with van der Waals surface area (Å²) in [4.78, 5) is 0. The fourth-order valence-corrected chi connectivity index (χ4v) is 5.92. The summed E-state index contributed by atoms with van der Waals surface area (Å²) < 4.78 is 6.52. The fourth-order valence-electron chi connectivity index (χ4n) is 3.06. The van der Waals surface area contributed by atoms with Gasteiger partial charge in [-0.1, -0.05) is 45.7 Å². The Hall–Kier alpha value is -1.36. The number of hydrogen-bond donors (Lipinski definition) is 0. The molecule has 0 saturated heterocycles. The predicted octanol–water partition coefficient (Wildman–Crippen LogP) is 5.98. The lowest BCUT2D eigenvalue weighted by Crippen LogP contribution is -1.98. The summed E-state index contributed by atoms with van der Waals surface area (Å²) in [5.74, 6) is 0. The minimum absolute atomic E-state index is 0.826. The molecule has 5 aromatic rings. The summed E-state index contributed by atoms with van der Waals surface area (Å²) >= 11 is 7.32. The topological polar surface area (TPSA) is 0 Å². The molecule has 4 heteroatoms. The number of benzene rings is 3. The van der Waals surface area contributed by atoms with E-state index in [9.17, 15) is 0 Å². The van der Waals surface area contributed by atoms with Crippen LogP contribution in [0.4, 0.5) is 0 Å². The first-order valence-electron chi connectivity index (χ1n) is 6.93. The third kappa shape index (κ3) is 1.75. The van der Waals surface area contributed by atoms with Crippen LogP contribution < -0.4 is 5.46 Å². The van der Waals surface area contributed by atoms with Crippen molar-refractivity contribution in [1.82, 2.24) is 0 Å². The van der Waals surface area contributed by atoms with Crippen molar-refractivity contribution in [3.63, 3.8) is 0 Å². The van der Waals surface area contributed by atoms with E-state index in [4.69, 9.17) is 7.85 Å². The zero-order valence-corrected chi connectivity index (χ0v) is 14.6. The number of rotatable bonds is 0. The normalized spacial score (nSPS) is 12.0. The Labute approximate surface area is 144 Å². The zero-order chi connectivity index (χ0) is 14.8. The van der Waals surface area contributed by atoms with E-state index in [2.05, 4.69) is 58.4 Å². The standard InChI is InChI=1S/C18H8BBrS2/c19-9-1-5-15-13(7-9)11-3-4-12-14-8-10(20)2-6-16(14)22-18(12)17(11)21-15/h1-8H. The van der Waals surface area contributed by atoms with Crippen molar-refractivity contribution in [2.45, 2.75) is 0 Å². The average molecular weight is 379 g/mol. The Morgan fingerprint density at radius 3 is 1.95 bits per heavy atom. The van der Waals surface area contributed by atoms with E-state index in [0.29, 0.717) is 0 Å². The van der Waals surface area contributed by atoms with Crippen LogP contribution in [-0.2, 0) is 0 Å². The van der Waals surface area contributed by atoms with Crippen LogP contribution in [0.1, 0.15) is 0 Å². The summed E-state index contributed by atoms with van der Waals surface area (Å²) in [5.41, 5.74) is 0.826. The maximum atomic E-state index is 5.97. The highest BCUT2D eigenvalue weighted by molar-refractivity contribution is 9.10. The van der Waals surface area contributed by atoms with Crippen molar-refractivity contribution in [1.29, 1.82) is 0 Å². The summed E-state index contributed by atoms with van der Waals surface area (Å²) in [5, 5.41) is 5.24. The van der Waals surface area contributed by atoms with E-state index in [1.54, 1.807) is 0 Å². The number of halogens is 1. The van der Waals surface area contributed by atoms with Crippen molar-refractivity contribution in [2.75, 3.05) is 0 Å². The molecule has 102 valence electrons. The summed E-state index contributed by atoms with van der Waals surface area (Å²) in [6.07, 6.45) is 0. The molecule has 0 bridgehead atoms. The van der Waals surface area contributed by atoms with Crippen LogP contribution in [0.2, 0.25) is 0 Å². The van der Waals surface area contributed by atoms with E-state index in [1.807, 2.05) is 28.7 Å². The van der Waals surface area contributed by atoms with Crippen LogP contribution in [0, 0.1) is 0 Å². The molecule has 3 aromatic carbocycles. The van der Waals surface area contributed by atoms with Gasteiger partial charge in [-0.3, -0.25) is 0 Å². The van der Waals surface area contributed by atoms with Crippen LogP contribution in [0.3, 0.4) is 0 Å². The van der Waals surface area contributed by atoms with Crippen molar-refractivity contribution in [3.8, 4) is 0 Å². The lowest BCUT2D eigenvalue weighted by atomic mass is 9.94. The maximum absolute atomic E-state index is 5.97. The van der Waals surface area contributed by atoms with Crippen molar-refractivity contribution in [2.24, 2.45) is 0 Å². The molecule has 0 aliphatic rings. The first-order valence-corrected chi connectivity index (χ1v) is 9.36. The molecule has 2 radical (unpaired) electrons. The van der Waals surface area contributed by atoms with Gasteiger partial charge in [0, 0.05) is 30.0 Å². The van der Waals surface area contributed by atoms with E-state index in [0.717, 1.165) is 9.94 Å². The smallest absolute Gasteiger partial charge is 0.113 e. The molecular formula is C18H8BBrS2. The lowest BCUT2D eigenvalue weighted by molar-refractivity contribution is 1.77. The number of hydrogen-bond acceptors (Lipinski definition) is 2. The minimum atomic E-state index is 0.826. The van der Waals surface area contributed by atoms with E-state index >= 15 is 0 Å². The van der Waals surface area contributed by atoms with Gasteiger partial charge >= 0.3 is 0 Å². The Kier molecular flexibility index (Phi) is 2.73. The van der Waals surface area contributed by atoms with E-state index in [-0.39, 0.29) is 0 Å². The Morgan fingerprint density at radius 1 is 0.682 bits per heavy atom. The second kappa shape index (κ2) is 4.57. The SMILES string of the molecule is [B]c1ccc2sc3c(ccc4c5cc(Br)ccc5sc43)c2c1. The summed E-state index contributed by atoms with van der Waals surface area (Å²) in [7, 11) is 5.97. The maximum Gasteiger partial charge on any atom is 0.113 e. The van der Waals surface area contributed by atoms with Crippen LogP contribution >= 0.6 is 38.6 Å². The fraction of sp³-hybridized carbons (Fsp3) is 0. The number of thiophene rings is 2. The predicted molar refractivity (Wildman–Crippen MR) is 105 cm³/mol. The van der Waals surface area contributed by atoms with Crippen LogP contribution in [0.5, 0.6) is 0 Å². The van der Waals surface area contributed by atoms with Gasteiger partial charge in [-0.25, -0.2) is 0 Å². The minimum Gasteiger partial charge on any atom is -0.134 e. The lowest BCUT2D eigenvalue weighted by Gasteiger charge is -1.96. The molecule has 0 saturated carbocycles. The molecule has 5 rings (SSSR count). The molecule has 0 aliphatic heterocycles. The number of fused-ring (bicyclic) bond motifs is 7. The van der Waals surface area contributed by atoms with Crippen LogP contribution in [0.15, 0.2) is 53.0 Å². The van der Waals surface area contributed by atoms with Crippen molar-refractivity contribution >= 4 is 92.3 Å². The van der Waals surface area contributed by atoms with E-state index < -0.39 is 0 Å². The van der Waals surface area contributed by atoms with Crippen molar-refractivity contribution < 1.29 is 0 Å². The molecule has 0 unspecified atom stereocenters. The molecule has 0 nitrogen and oxygen atoms in total. The van der Waals surface area contributed by atoms with Gasteiger partial charge in [0.2, 0.25) is 0 Å². The van der Waals surface area contributed by atoms with Crippen LogP contribution in [0.25, 0.3) is 40.3 Å². The molecule has 2 heterocycles. The second-order valence-corrected chi connectivity index (χ2v) is 8.44. The highest BCUT2D eigenvalue weighted by Crippen LogP contribution is 2.44. The molecular weight excluding hydrogens is 371 g/mol. The molecule has 2 aromatic heterocycles. The summed E-state index contributed by atoms with van der Waals surface area (Å²) in [6, 6.07) is 17.2. The summed E-state index contributed by atoms with van der Waals surface area (Å²) in [6.45, 7) is 0. The monoisotopic (exact) mass is 378 g/mol. The second-order valence-electron chi connectivity index (χ2n) is 5.42. The third-order valence-corrected chi connectivity index (χ3v) is 7.09. The van der Waals surface area contributed by atoms with Gasteiger partial charge in [-0.05, 0) is 29.7 Å². The third-order valence-electron chi connectivity index (χ3n) is 4.06. The Morgan fingerprint density at radius 2 is 1.27 bits per heavy atom. The first kappa shape index (κ1) is 13.1. The molecule has 0 fully saturated rings. The molecule has 0 aliphatic carbocycles. The van der Waals surface area contributed by atoms with Gasteiger partial charge in [-0.15, -0.1) is 22.7 Å². The Bertz CT molecular complexity index is 1100. The molecule has 0 N–H and O–H groups in total. The quantitative estimate of drug-likeness (QED) is 0.291. The van der Waals surface area contributed by atoms with Gasteiger partial charge in [-0.2, -0.15) is 0 Å². The molecule has 22 heavy (non-hydrogen) atoms. The Balaban J connectivity index is 2.03. The molecule has 0 atom stereocenters. The first-order chi connectivity index (χ1) is 10.7. The average Bonchev–Trinajstić information content (AvgIpc) is 3.05. The highest BCUT2D eigenvalue weighted by Gasteiger charge is 2.12. The van der Waals surface area contributed by atoms with Gasteiger partial charge < -0.3 is 0 Å². The van der Waals surface area contributed by atoms with Gasteiger partial charge in [0.15, 0.2) is 0 Å². The molecule has 0 amide bonds. The van der Waals surface area contributed by atoms with Gasteiger partial charge in [0.1, 0.15) is 7.85 Å². The zero-order valence-electron chi connectivity index (χ0n) is 11.4. The highest BCUT2D eigenvalue weighted by atomic mass is 79.9.